The Morgan fingerprint density at radius 2 is 1.52 bits per heavy atom. The Morgan fingerprint density at radius 3 is 2.00 bits per heavy atom. The van der Waals surface area contributed by atoms with E-state index in [4.69, 9.17) is 16.6 Å². The minimum atomic E-state index is -1.22. The van der Waals surface area contributed by atoms with E-state index in [0.717, 1.165) is 6.08 Å². The number of carboxylic acid groups (broad SMARTS) is 1. The first-order valence-corrected chi connectivity index (χ1v) is 7.74. The Labute approximate surface area is 143 Å². The molecule has 0 saturated carbocycles. The van der Waals surface area contributed by atoms with Crippen molar-refractivity contribution in [3.05, 3.63) is 47.0 Å². The highest BCUT2D eigenvalue weighted by Gasteiger charge is 2.38. The molecular weight excluding hydrogens is 328 g/mol. The fourth-order valence-electron chi connectivity index (χ4n) is 2.87. The molecule has 3 atom stereocenters. The van der Waals surface area contributed by atoms with Crippen LogP contribution in [-0.2, 0) is 14.4 Å². The van der Waals surface area contributed by atoms with Gasteiger partial charge in [-0.2, -0.15) is 0 Å². The predicted octanol–water partition coefficient (Wildman–Crippen LogP) is 0.272. The van der Waals surface area contributed by atoms with Crippen LogP contribution in [0.1, 0.15) is 12.8 Å². The zero-order chi connectivity index (χ0) is 18.7. The van der Waals surface area contributed by atoms with E-state index < -0.39 is 46.9 Å². The number of ketones is 2. The van der Waals surface area contributed by atoms with Gasteiger partial charge in [0.15, 0.2) is 11.5 Å². The lowest BCUT2D eigenvalue weighted by atomic mass is 9.76. The topological polar surface area (TPSA) is 164 Å². The molecule has 7 N–H and O–H groups in total. The highest BCUT2D eigenvalue weighted by atomic mass is 16.4. The molecule has 0 amide bonds. The van der Waals surface area contributed by atoms with Gasteiger partial charge in [-0.05, 0) is 42.7 Å². The summed E-state index contributed by atoms with van der Waals surface area (Å²) < 4.78 is 0. The Balaban J connectivity index is 2.35. The largest absolute Gasteiger partial charge is 0.504 e. The first-order chi connectivity index (χ1) is 11.7. The standard InChI is InChI=1S/C17H20N2O6/c18-2-1-8-3-10(15(22)13(20)6-8)11-4-9(5-12(19)17(24)25)7-14(21)16(11)23/h3-4,6-7,10-12,20-21H,1-2,5,18-19H2,(H,24,25)/t10?,11-,12?/m1/s1. The number of nitrogens with two attached hydrogens (primary N) is 2. The zero-order valence-corrected chi connectivity index (χ0v) is 13.4. The minimum Gasteiger partial charge on any atom is -0.504 e. The van der Waals surface area contributed by atoms with Crippen molar-refractivity contribution in [1.82, 2.24) is 0 Å². The maximum absolute atomic E-state index is 12.3. The average molecular weight is 348 g/mol. The molecule has 0 fully saturated rings. The van der Waals surface area contributed by atoms with Crippen molar-refractivity contribution in [2.75, 3.05) is 6.54 Å². The molecule has 0 aromatic rings. The summed E-state index contributed by atoms with van der Waals surface area (Å²) in [6.45, 7) is 0.300. The molecule has 2 aliphatic carbocycles. The smallest absolute Gasteiger partial charge is 0.320 e. The zero-order valence-electron chi connectivity index (χ0n) is 13.4. The van der Waals surface area contributed by atoms with Crippen LogP contribution in [0.2, 0.25) is 0 Å². The molecule has 2 aliphatic rings. The van der Waals surface area contributed by atoms with Crippen LogP contribution in [0.15, 0.2) is 47.0 Å². The van der Waals surface area contributed by atoms with Crippen LogP contribution in [0, 0.1) is 11.8 Å². The van der Waals surface area contributed by atoms with Gasteiger partial charge in [0.05, 0.1) is 11.8 Å². The monoisotopic (exact) mass is 348 g/mol. The maximum Gasteiger partial charge on any atom is 0.320 e. The summed E-state index contributed by atoms with van der Waals surface area (Å²) in [4.78, 5) is 35.5. The van der Waals surface area contributed by atoms with Crippen LogP contribution in [-0.4, -0.2) is 45.4 Å². The van der Waals surface area contributed by atoms with Gasteiger partial charge in [0, 0.05) is 0 Å². The number of carbonyl (C=O) groups excluding carboxylic acids is 2. The molecule has 0 spiro atoms. The number of aliphatic hydroxyl groups is 2. The van der Waals surface area contributed by atoms with Crippen molar-refractivity contribution in [2.45, 2.75) is 18.9 Å². The number of carboxylic acids is 1. The Kier molecular flexibility index (Phi) is 5.55. The number of aliphatic carboxylic acids is 1. The van der Waals surface area contributed by atoms with Gasteiger partial charge in [-0.15, -0.1) is 0 Å². The first-order valence-electron chi connectivity index (χ1n) is 7.74. The summed E-state index contributed by atoms with van der Waals surface area (Å²) in [7, 11) is 0. The molecule has 0 aliphatic heterocycles. The summed E-state index contributed by atoms with van der Waals surface area (Å²) in [6.07, 6.45) is 5.72. The third kappa shape index (κ3) is 4.04. The molecule has 134 valence electrons. The van der Waals surface area contributed by atoms with Crippen molar-refractivity contribution in [3.8, 4) is 0 Å². The number of carbonyl (C=O) groups is 3. The molecule has 0 heterocycles. The van der Waals surface area contributed by atoms with Crippen molar-refractivity contribution in [2.24, 2.45) is 23.3 Å². The van der Waals surface area contributed by atoms with Crippen LogP contribution in [0.4, 0.5) is 0 Å². The number of hydrogen-bond donors (Lipinski definition) is 5. The SMILES string of the molecule is NCCC1=CC([C@H]2C=C(CC(N)C(=O)O)C=C(O)C2=O)C(=O)C(O)=C1. The summed E-state index contributed by atoms with van der Waals surface area (Å²) >= 11 is 0. The molecule has 2 unspecified atom stereocenters. The minimum absolute atomic E-state index is 0.106. The van der Waals surface area contributed by atoms with Crippen LogP contribution in [0.25, 0.3) is 0 Å². The van der Waals surface area contributed by atoms with E-state index in [-0.39, 0.29) is 6.42 Å². The van der Waals surface area contributed by atoms with E-state index in [0.29, 0.717) is 24.1 Å². The lowest BCUT2D eigenvalue weighted by molar-refractivity contribution is -0.138. The first kappa shape index (κ1) is 18.6. The molecule has 0 saturated heterocycles. The van der Waals surface area contributed by atoms with Gasteiger partial charge in [-0.1, -0.05) is 12.2 Å². The van der Waals surface area contributed by atoms with Gasteiger partial charge < -0.3 is 26.8 Å². The Hall–Kier alpha value is -2.71. The van der Waals surface area contributed by atoms with Crippen LogP contribution < -0.4 is 11.5 Å². The number of hydrogen-bond acceptors (Lipinski definition) is 7. The Morgan fingerprint density at radius 1 is 1.04 bits per heavy atom. The number of rotatable bonds is 6. The molecule has 25 heavy (non-hydrogen) atoms. The van der Waals surface area contributed by atoms with Gasteiger partial charge in [0.1, 0.15) is 6.04 Å². The molecule has 0 aromatic heterocycles. The summed E-state index contributed by atoms with van der Waals surface area (Å²) in [5.41, 5.74) is 11.9. The maximum atomic E-state index is 12.3. The van der Waals surface area contributed by atoms with Gasteiger partial charge in [0.25, 0.3) is 0 Å². The third-order valence-corrected chi connectivity index (χ3v) is 4.13. The summed E-state index contributed by atoms with van der Waals surface area (Å²) in [5.74, 6) is -5.63. The Bertz CT molecular complexity index is 731. The van der Waals surface area contributed by atoms with Gasteiger partial charge in [-0.3, -0.25) is 14.4 Å². The van der Waals surface area contributed by atoms with Crippen molar-refractivity contribution < 1.29 is 29.7 Å². The number of Topliss-reactive ketones (excluding diaryl/α,β-unsaturated/α-hetero) is 2. The van der Waals surface area contributed by atoms with E-state index in [2.05, 4.69) is 0 Å². The molecule has 8 heteroatoms. The average Bonchev–Trinajstić information content (AvgIpc) is 2.54. The van der Waals surface area contributed by atoms with E-state index in [1.807, 2.05) is 0 Å². The van der Waals surface area contributed by atoms with E-state index in [9.17, 15) is 24.6 Å². The lowest BCUT2D eigenvalue weighted by Gasteiger charge is -2.26. The second-order valence-corrected chi connectivity index (χ2v) is 6.01. The van der Waals surface area contributed by atoms with E-state index >= 15 is 0 Å². The normalized spacial score (nSPS) is 24.9. The van der Waals surface area contributed by atoms with Gasteiger partial charge in [-0.25, -0.2) is 0 Å². The van der Waals surface area contributed by atoms with E-state index in [1.54, 1.807) is 6.08 Å². The van der Waals surface area contributed by atoms with Crippen molar-refractivity contribution in [1.29, 1.82) is 0 Å². The third-order valence-electron chi connectivity index (χ3n) is 4.13. The second kappa shape index (κ2) is 7.45. The predicted molar refractivity (Wildman–Crippen MR) is 88.5 cm³/mol. The molecule has 0 aromatic carbocycles. The summed E-state index contributed by atoms with van der Waals surface area (Å²) in [6, 6.07) is -1.21. The second-order valence-electron chi connectivity index (χ2n) is 6.01. The van der Waals surface area contributed by atoms with Crippen molar-refractivity contribution in [3.63, 3.8) is 0 Å². The summed E-state index contributed by atoms with van der Waals surface area (Å²) in [5, 5.41) is 28.6. The lowest BCUT2D eigenvalue weighted by Crippen LogP contribution is -2.34. The quantitative estimate of drug-likeness (QED) is 0.456. The fraction of sp³-hybridized carbons (Fsp3) is 0.353. The number of aliphatic hydroxyl groups excluding tert-OH is 2. The molecule has 0 bridgehead atoms. The van der Waals surface area contributed by atoms with Crippen LogP contribution in [0.5, 0.6) is 0 Å². The molecule has 2 rings (SSSR count). The number of allylic oxidation sites excluding steroid dienone is 6. The highest BCUT2D eigenvalue weighted by molar-refractivity contribution is 6.06. The van der Waals surface area contributed by atoms with Crippen molar-refractivity contribution >= 4 is 17.5 Å². The van der Waals surface area contributed by atoms with Crippen LogP contribution in [0.3, 0.4) is 0 Å². The molecule has 8 nitrogen and oxygen atoms in total. The van der Waals surface area contributed by atoms with Gasteiger partial charge >= 0.3 is 5.97 Å². The van der Waals surface area contributed by atoms with Gasteiger partial charge in [0.2, 0.25) is 11.6 Å². The van der Waals surface area contributed by atoms with Crippen LogP contribution >= 0.6 is 0 Å². The van der Waals surface area contributed by atoms with E-state index in [1.165, 1.54) is 12.2 Å². The molecular formula is C17H20N2O6. The highest BCUT2D eigenvalue weighted by Crippen LogP contribution is 2.32. The molecule has 0 radical (unpaired) electrons. The fourth-order valence-corrected chi connectivity index (χ4v) is 2.87.